The summed E-state index contributed by atoms with van der Waals surface area (Å²) >= 11 is 0. The minimum atomic E-state index is -0.324. The van der Waals surface area contributed by atoms with Gasteiger partial charge in [0.25, 0.3) is 5.91 Å². The molecule has 3 heterocycles. The Morgan fingerprint density at radius 3 is 2.62 bits per heavy atom. The van der Waals surface area contributed by atoms with Gasteiger partial charge in [0.1, 0.15) is 17.7 Å². The Bertz CT molecular complexity index is 1180. The van der Waals surface area contributed by atoms with E-state index in [1.54, 1.807) is 24.3 Å². The van der Waals surface area contributed by atoms with Crippen LogP contribution in [0.15, 0.2) is 48.7 Å². The standard InChI is InChI=1S/C25H24FN5O/c1-16-12-17(2)29-24(22(16)14-27)31-10-8-21(9-11-31)30-25(32)19-6-7-23(28-15-19)18-4-3-5-20(26)13-18/h3-7,12-13,15,21H,8-11H2,1-2H3,(H,30,32). The Labute approximate surface area is 186 Å². The number of hydrogen-bond donors (Lipinski definition) is 1. The largest absolute Gasteiger partial charge is 0.355 e. The van der Waals surface area contributed by atoms with Gasteiger partial charge in [-0.1, -0.05) is 12.1 Å². The molecular weight excluding hydrogens is 405 g/mol. The van der Waals surface area contributed by atoms with Crippen LogP contribution in [0.3, 0.4) is 0 Å². The quantitative estimate of drug-likeness (QED) is 0.673. The van der Waals surface area contributed by atoms with Gasteiger partial charge in [0.2, 0.25) is 0 Å². The number of aromatic nitrogens is 2. The van der Waals surface area contributed by atoms with Crippen molar-refractivity contribution in [1.29, 1.82) is 5.26 Å². The number of aryl methyl sites for hydroxylation is 2. The van der Waals surface area contributed by atoms with Gasteiger partial charge in [0.05, 0.1) is 16.8 Å². The van der Waals surface area contributed by atoms with Gasteiger partial charge < -0.3 is 10.2 Å². The van der Waals surface area contributed by atoms with E-state index in [4.69, 9.17) is 0 Å². The Kier molecular flexibility index (Phi) is 6.13. The summed E-state index contributed by atoms with van der Waals surface area (Å²) in [5.74, 6) is 0.228. The zero-order valence-corrected chi connectivity index (χ0v) is 18.1. The molecule has 7 heteroatoms. The topological polar surface area (TPSA) is 81.9 Å². The van der Waals surface area contributed by atoms with Crippen molar-refractivity contribution in [2.24, 2.45) is 0 Å². The Morgan fingerprint density at radius 1 is 1.19 bits per heavy atom. The number of anilines is 1. The summed E-state index contributed by atoms with van der Waals surface area (Å²) < 4.78 is 13.4. The molecule has 0 aliphatic carbocycles. The van der Waals surface area contributed by atoms with Gasteiger partial charge in [-0.2, -0.15) is 5.26 Å². The Morgan fingerprint density at radius 2 is 1.97 bits per heavy atom. The fraction of sp³-hybridized carbons (Fsp3) is 0.280. The summed E-state index contributed by atoms with van der Waals surface area (Å²) in [4.78, 5) is 23.7. The number of piperidine rings is 1. The third-order valence-electron chi connectivity index (χ3n) is 5.71. The number of pyridine rings is 2. The van der Waals surface area contributed by atoms with Crippen LogP contribution in [0.25, 0.3) is 11.3 Å². The summed E-state index contributed by atoms with van der Waals surface area (Å²) in [5.41, 5.74) is 4.18. The van der Waals surface area contributed by atoms with Crippen LogP contribution < -0.4 is 10.2 Å². The second-order valence-electron chi connectivity index (χ2n) is 8.07. The predicted octanol–water partition coefficient (Wildman–Crippen LogP) is 4.17. The zero-order valence-electron chi connectivity index (χ0n) is 18.1. The van der Waals surface area contributed by atoms with Crippen molar-refractivity contribution >= 4 is 11.7 Å². The van der Waals surface area contributed by atoms with Gasteiger partial charge in [-0.05, 0) is 62.6 Å². The highest BCUT2D eigenvalue weighted by Crippen LogP contribution is 2.25. The molecule has 1 aromatic carbocycles. The van der Waals surface area contributed by atoms with Crippen LogP contribution in [0, 0.1) is 31.0 Å². The van der Waals surface area contributed by atoms with E-state index in [0.29, 0.717) is 35.5 Å². The fourth-order valence-corrected chi connectivity index (χ4v) is 4.04. The second-order valence-corrected chi connectivity index (χ2v) is 8.07. The van der Waals surface area contributed by atoms with Crippen molar-refractivity contribution in [3.8, 4) is 17.3 Å². The highest BCUT2D eigenvalue weighted by Gasteiger charge is 2.24. The van der Waals surface area contributed by atoms with Crippen LogP contribution in [0.5, 0.6) is 0 Å². The number of benzene rings is 1. The first-order chi connectivity index (χ1) is 15.4. The molecule has 6 nitrogen and oxygen atoms in total. The van der Waals surface area contributed by atoms with E-state index < -0.39 is 0 Å². The van der Waals surface area contributed by atoms with E-state index in [1.165, 1.54) is 18.3 Å². The molecule has 1 N–H and O–H groups in total. The summed E-state index contributed by atoms with van der Waals surface area (Å²) in [6.45, 7) is 5.29. The maximum absolute atomic E-state index is 13.4. The van der Waals surface area contributed by atoms with E-state index in [1.807, 2.05) is 19.9 Å². The van der Waals surface area contributed by atoms with E-state index in [0.717, 1.165) is 29.9 Å². The predicted molar refractivity (Wildman–Crippen MR) is 121 cm³/mol. The highest BCUT2D eigenvalue weighted by atomic mass is 19.1. The zero-order chi connectivity index (χ0) is 22.7. The van der Waals surface area contributed by atoms with Gasteiger partial charge in [0.15, 0.2) is 0 Å². The first kappa shape index (κ1) is 21.4. The number of nitriles is 1. The minimum Gasteiger partial charge on any atom is -0.355 e. The number of nitrogens with zero attached hydrogens (tertiary/aromatic N) is 4. The molecule has 0 atom stereocenters. The van der Waals surface area contributed by atoms with Crippen LogP contribution in [-0.2, 0) is 0 Å². The Balaban J connectivity index is 1.38. The summed E-state index contributed by atoms with van der Waals surface area (Å²) in [5, 5.41) is 12.6. The van der Waals surface area contributed by atoms with Gasteiger partial charge in [-0.25, -0.2) is 9.37 Å². The van der Waals surface area contributed by atoms with Crippen LogP contribution >= 0.6 is 0 Å². The van der Waals surface area contributed by atoms with Gasteiger partial charge in [-0.3, -0.25) is 9.78 Å². The molecule has 1 saturated heterocycles. The third kappa shape index (κ3) is 4.59. The molecule has 1 aliphatic heterocycles. The molecular formula is C25H24FN5O. The number of carbonyl (C=O) groups is 1. The molecule has 162 valence electrons. The van der Waals surface area contributed by atoms with Crippen LogP contribution in [0.4, 0.5) is 10.2 Å². The summed E-state index contributed by atoms with van der Waals surface area (Å²) in [6, 6.07) is 13.9. The molecule has 32 heavy (non-hydrogen) atoms. The normalized spacial score (nSPS) is 14.1. The first-order valence-electron chi connectivity index (χ1n) is 10.6. The second kappa shape index (κ2) is 9.15. The van der Waals surface area contributed by atoms with Crippen molar-refractivity contribution < 1.29 is 9.18 Å². The summed E-state index contributed by atoms with van der Waals surface area (Å²) in [6.07, 6.45) is 3.05. The molecule has 0 spiro atoms. The lowest BCUT2D eigenvalue weighted by Gasteiger charge is -2.34. The number of nitrogens with one attached hydrogen (secondary N) is 1. The molecule has 4 rings (SSSR count). The maximum Gasteiger partial charge on any atom is 0.253 e. The third-order valence-corrected chi connectivity index (χ3v) is 5.71. The van der Waals surface area contributed by atoms with Crippen LogP contribution in [-0.4, -0.2) is 35.0 Å². The molecule has 1 aliphatic rings. The average Bonchev–Trinajstić information content (AvgIpc) is 2.79. The number of carbonyl (C=O) groups excluding carboxylic acids is 1. The molecule has 0 radical (unpaired) electrons. The van der Waals surface area contributed by atoms with Crippen molar-refractivity contribution in [3.63, 3.8) is 0 Å². The number of amides is 1. The molecule has 2 aromatic heterocycles. The molecule has 1 amide bonds. The fourth-order valence-electron chi connectivity index (χ4n) is 4.04. The van der Waals surface area contributed by atoms with Gasteiger partial charge in [0, 0.05) is 36.6 Å². The monoisotopic (exact) mass is 429 g/mol. The lowest BCUT2D eigenvalue weighted by atomic mass is 10.0. The lowest BCUT2D eigenvalue weighted by molar-refractivity contribution is 0.0930. The SMILES string of the molecule is Cc1cc(C)c(C#N)c(N2CCC(NC(=O)c3ccc(-c4cccc(F)c4)nc3)CC2)n1. The van der Waals surface area contributed by atoms with Gasteiger partial charge in [-0.15, -0.1) is 0 Å². The summed E-state index contributed by atoms with van der Waals surface area (Å²) in [7, 11) is 0. The maximum atomic E-state index is 13.4. The molecule has 0 bridgehead atoms. The van der Waals surface area contributed by atoms with E-state index >= 15 is 0 Å². The average molecular weight is 429 g/mol. The molecule has 0 saturated carbocycles. The lowest BCUT2D eigenvalue weighted by Crippen LogP contribution is -2.45. The molecule has 3 aromatic rings. The smallest absolute Gasteiger partial charge is 0.253 e. The minimum absolute atomic E-state index is 0.0399. The molecule has 1 fully saturated rings. The van der Waals surface area contributed by atoms with Crippen molar-refractivity contribution in [3.05, 3.63) is 76.9 Å². The number of rotatable bonds is 4. The van der Waals surface area contributed by atoms with Crippen molar-refractivity contribution in [1.82, 2.24) is 15.3 Å². The van der Waals surface area contributed by atoms with Crippen LogP contribution in [0.2, 0.25) is 0 Å². The number of halogens is 1. The highest BCUT2D eigenvalue weighted by molar-refractivity contribution is 5.94. The molecule has 0 unspecified atom stereocenters. The first-order valence-corrected chi connectivity index (χ1v) is 10.6. The van der Waals surface area contributed by atoms with Crippen molar-refractivity contribution in [2.45, 2.75) is 32.7 Å². The number of hydrogen-bond acceptors (Lipinski definition) is 5. The van der Waals surface area contributed by atoms with Crippen molar-refractivity contribution in [2.75, 3.05) is 18.0 Å². The van der Waals surface area contributed by atoms with E-state index in [-0.39, 0.29) is 17.8 Å². The Hall–Kier alpha value is -3.79. The van der Waals surface area contributed by atoms with Gasteiger partial charge >= 0.3 is 0 Å². The van der Waals surface area contributed by atoms with Crippen LogP contribution in [0.1, 0.15) is 40.0 Å². The van der Waals surface area contributed by atoms with E-state index in [9.17, 15) is 14.4 Å². The van der Waals surface area contributed by atoms with E-state index in [2.05, 4.69) is 26.3 Å².